The summed E-state index contributed by atoms with van der Waals surface area (Å²) in [6.45, 7) is 1.88. The van der Waals surface area contributed by atoms with Crippen LogP contribution in [-0.4, -0.2) is 27.1 Å². The van der Waals surface area contributed by atoms with Gasteiger partial charge in [0.1, 0.15) is 5.75 Å². The number of hydrogen-bond acceptors (Lipinski definition) is 7. The summed E-state index contributed by atoms with van der Waals surface area (Å²) >= 11 is 0. The molecule has 0 aliphatic rings. The molecule has 0 fully saturated rings. The summed E-state index contributed by atoms with van der Waals surface area (Å²) in [7, 11) is 0. The molecule has 1 heterocycles. The number of nitrogens with zero attached hydrogens (tertiary/aromatic N) is 5. The molecule has 94 valence electrons. The lowest BCUT2D eigenvalue weighted by atomic mass is 10.1. The third-order valence-electron chi connectivity index (χ3n) is 2.11. The largest absolute Gasteiger partial charge is 0.865 e. The maximum absolute atomic E-state index is 11.7. The van der Waals surface area contributed by atoms with Crippen LogP contribution in [0.3, 0.4) is 0 Å². The molecule has 0 amide bonds. The third kappa shape index (κ3) is 2.05. The number of benzene rings is 1. The zero-order valence-electron chi connectivity index (χ0n) is 9.23. The summed E-state index contributed by atoms with van der Waals surface area (Å²) in [5.41, 5.74) is -0.337. The Morgan fingerprint density at radius 3 is 2.83 bits per heavy atom. The van der Waals surface area contributed by atoms with E-state index in [2.05, 4.69) is 20.6 Å². The minimum absolute atomic E-state index is 0.0963. The summed E-state index contributed by atoms with van der Waals surface area (Å²) in [6, 6.07) is 2.40. The quantitative estimate of drug-likeness (QED) is 0.541. The van der Waals surface area contributed by atoms with E-state index in [1.807, 2.05) is 0 Å². The Labute approximate surface area is 101 Å². The number of rotatable bonds is 4. The number of nitro benzene ring substituents is 1. The van der Waals surface area contributed by atoms with Gasteiger partial charge in [-0.05, 0) is 18.6 Å². The summed E-state index contributed by atoms with van der Waals surface area (Å²) in [5.74, 6) is -0.802. The van der Waals surface area contributed by atoms with Crippen LogP contribution in [0.25, 0.3) is 11.4 Å². The van der Waals surface area contributed by atoms with Gasteiger partial charge in [-0.2, -0.15) is 5.21 Å². The lowest BCUT2D eigenvalue weighted by molar-refractivity contribution is -0.398. The molecule has 0 radical (unpaired) electrons. The maximum atomic E-state index is 11.7. The van der Waals surface area contributed by atoms with E-state index < -0.39 is 16.4 Å². The van der Waals surface area contributed by atoms with Crippen LogP contribution in [0.5, 0.6) is 11.5 Å². The highest BCUT2D eigenvalue weighted by molar-refractivity contribution is 5.67. The highest BCUT2D eigenvalue weighted by Gasteiger charge is 2.14. The summed E-state index contributed by atoms with van der Waals surface area (Å²) in [5, 5.41) is 36.1. The fourth-order valence-electron chi connectivity index (χ4n) is 1.38. The second kappa shape index (κ2) is 4.65. The molecule has 0 unspecified atom stereocenters. The Kier molecular flexibility index (Phi) is 3.04. The highest BCUT2D eigenvalue weighted by Crippen LogP contribution is 2.37. The van der Waals surface area contributed by atoms with Gasteiger partial charge in [-0.1, -0.05) is 0 Å². The molecule has 1 aromatic carbocycles. The van der Waals surface area contributed by atoms with E-state index in [9.17, 15) is 15.2 Å². The predicted molar refractivity (Wildman–Crippen MR) is 55.9 cm³/mol. The monoisotopic (exact) mass is 249 g/mol. The average Bonchev–Trinajstić information content (AvgIpc) is 2.85. The summed E-state index contributed by atoms with van der Waals surface area (Å²) in [4.78, 5) is 10.00. The Balaban J connectivity index is 2.58. The van der Waals surface area contributed by atoms with Crippen molar-refractivity contribution >= 4 is 5.69 Å². The van der Waals surface area contributed by atoms with Crippen molar-refractivity contribution in [2.75, 3.05) is 6.61 Å². The first-order valence-corrected chi connectivity index (χ1v) is 4.94. The zero-order chi connectivity index (χ0) is 13.1. The number of nitro groups is 1. The van der Waals surface area contributed by atoms with Crippen molar-refractivity contribution < 1.29 is 14.8 Å². The Morgan fingerprint density at radius 1 is 1.50 bits per heavy atom. The van der Waals surface area contributed by atoms with Crippen molar-refractivity contribution in [3.8, 4) is 22.9 Å². The molecule has 0 atom stereocenters. The number of aromatic nitrogens is 4. The standard InChI is InChI=1S/C9H8N5O4/c1-2-18-7-4-5(9-10-12-13-11-9)3-6(8(7)15)14(16)17/h3-4H,2H2,1H3,(H-,10,11,12,13,15)/q-1/p-1. The molecule has 1 aromatic heterocycles. The molecule has 9 nitrogen and oxygen atoms in total. The van der Waals surface area contributed by atoms with E-state index >= 15 is 0 Å². The lowest BCUT2D eigenvalue weighted by Gasteiger charge is -2.15. The fourth-order valence-corrected chi connectivity index (χ4v) is 1.38. The first-order chi connectivity index (χ1) is 8.63. The van der Waals surface area contributed by atoms with E-state index in [1.54, 1.807) is 6.92 Å². The summed E-state index contributed by atoms with van der Waals surface area (Å²) < 4.78 is 5.05. The van der Waals surface area contributed by atoms with Crippen LogP contribution in [-0.2, 0) is 0 Å². The molecule has 0 N–H and O–H groups in total. The molecule has 9 heteroatoms. The predicted octanol–water partition coefficient (Wildman–Crippen LogP) is -0.124. The number of tetrazole rings is 1. The van der Waals surface area contributed by atoms with E-state index in [1.165, 1.54) is 6.07 Å². The van der Waals surface area contributed by atoms with Gasteiger partial charge in [0.25, 0.3) is 5.69 Å². The first kappa shape index (κ1) is 11.8. The van der Waals surface area contributed by atoms with Gasteiger partial charge in [0, 0.05) is 17.6 Å². The summed E-state index contributed by atoms with van der Waals surface area (Å²) in [6.07, 6.45) is 0. The van der Waals surface area contributed by atoms with E-state index in [4.69, 9.17) is 4.74 Å². The van der Waals surface area contributed by atoms with Gasteiger partial charge >= 0.3 is 0 Å². The van der Waals surface area contributed by atoms with Crippen molar-refractivity contribution in [1.29, 1.82) is 0 Å². The fraction of sp³-hybridized carbons (Fsp3) is 0.222. The van der Waals surface area contributed by atoms with Crippen molar-refractivity contribution in [3.05, 3.63) is 22.2 Å². The minimum Gasteiger partial charge on any atom is -0.865 e. The topological polar surface area (TPSA) is 128 Å². The van der Waals surface area contributed by atoms with Crippen LogP contribution in [0.2, 0.25) is 0 Å². The van der Waals surface area contributed by atoms with Gasteiger partial charge in [0.15, 0.2) is 0 Å². The van der Waals surface area contributed by atoms with Gasteiger partial charge in [0.2, 0.25) is 0 Å². The molecule has 0 saturated heterocycles. The van der Waals surface area contributed by atoms with Crippen LogP contribution < -0.4 is 14.9 Å². The molecule has 0 aliphatic heterocycles. The Morgan fingerprint density at radius 2 is 2.28 bits per heavy atom. The smallest absolute Gasteiger partial charge is 0.266 e. The molecule has 0 spiro atoms. The van der Waals surface area contributed by atoms with Gasteiger partial charge in [-0.3, -0.25) is 20.4 Å². The van der Waals surface area contributed by atoms with Crippen molar-refractivity contribution in [2.24, 2.45) is 0 Å². The molecule has 0 saturated carbocycles. The average molecular weight is 249 g/mol. The third-order valence-corrected chi connectivity index (χ3v) is 2.11. The molecular weight excluding hydrogens is 242 g/mol. The van der Waals surface area contributed by atoms with Crippen molar-refractivity contribution in [1.82, 2.24) is 20.6 Å². The molecule has 18 heavy (non-hydrogen) atoms. The van der Waals surface area contributed by atoms with Crippen molar-refractivity contribution in [3.63, 3.8) is 0 Å². The van der Waals surface area contributed by atoms with Crippen LogP contribution >= 0.6 is 0 Å². The normalized spacial score (nSPS) is 10.3. The lowest BCUT2D eigenvalue weighted by Crippen LogP contribution is -2.03. The maximum Gasteiger partial charge on any atom is 0.266 e. The Hall–Kier alpha value is -2.71. The van der Waals surface area contributed by atoms with Crippen LogP contribution in [0.15, 0.2) is 12.1 Å². The zero-order valence-corrected chi connectivity index (χ0v) is 9.23. The second-order valence-electron chi connectivity index (χ2n) is 3.22. The van der Waals surface area contributed by atoms with Crippen molar-refractivity contribution in [2.45, 2.75) is 6.92 Å². The van der Waals surface area contributed by atoms with Crippen LogP contribution in [0.1, 0.15) is 6.92 Å². The van der Waals surface area contributed by atoms with Crippen LogP contribution in [0, 0.1) is 10.1 Å². The number of hydrogen-bond donors (Lipinski definition) is 0. The van der Waals surface area contributed by atoms with E-state index in [-0.39, 0.29) is 23.7 Å². The highest BCUT2D eigenvalue weighted by atomic mass is 16.6. The minimum atomic E-state index is -0.780. The molecule has 0 aliphatic carbocycles. The first-order valence-electron chi connectivity index (χ1n) is 4.94. The molecule has 2 aromatic rings. The van der Waals surface area contributed by atoms with Crippen LogP contribution in [0.4, 0.5) is 5.69 Å². The molecular formula is C9H7N5O4-2. The van der Waals surface area contributed by atoms with Gasteiger partial charge in [0.05, 0.1) is 11.5 Å². The Bertz CT molecular complexity index is 569. The van der Waals surface area contributed by atoms with E-state index in [0.29, 0.717) is 0 Å². The van der Waals surface area contributed by atoms with Gasteiger partial charge in [-0.25, -0.2) is 0 Å². The molecule has 0 bridgehead atoms. The number of ether oxygens (including phenoxy) is 1. The van der Waals surface area contributed by atoms with Gasteiger partial charge in [-0.15, -0.1) is 0 Å². The van der Waals surface area contributed by atoms with Gasteiger partial charge < -0.3 is 14.9 Å². The van der Waals surface area contributed by atoms with E-state index in [0.717, 1.165) is 6.07 Å². The molecule has 2 rings (SSSR count). The second-order valence-corrected chi connectivity index (χ2v) is 3.22. The SMILES string of the molecule is CCOc1cc(-c2nnn[n-]2)cc([N+](=O)[O-])c1[O-].